The first-order valence-electron chi connectivity index (χ1n) is 10.7. The van der Waals surface area contributed by atoms with Crippen LogP contribution in [0.2, 0.25) is 0 Å². The maximum Gasteiger partial charge on any atom is 0.222 e. The molecule has 0 N–H and O–H groups in total. The van der Waals surface area contributed by atoms with Crippen molar-refractivity contribution in [1.82, 2.24) is 9.88 Å². The third-order valence-electron chi connectivity index (χ3n) is 5.84. The molecule has 0 unspecified atom stereocenters. The van der Waals surface area contributed by atoms with Crippen LogP contribution in [0.4, 0.5) is 0 Å². The fourth-order valence-electron chi connectivity index (χ4n) is 4.10. The van der Waals surface area contributed by atoms with Gasteiger partial charge in [-0.25, -0.2) is 0 Å². The largest absolute Gasteiger partial charge is 0.490 e. The van der Waals surface area contributed by atoms with Gasteiger partial charge in [-0.15, -0.1) is 0 Å². The molecule has 1 fully saturated rings. The molecule has 0 aliphatic carbocycles. The number of rotatable bonds is 5. The van der Waals surface area contributed by atoms with Crippen LogP contribution in [0.15, 0.2) is 66.9 Å². The summed E-state index contributed by atoms with van der Waals surface area (Å²) in [4.78, 5) is 18.3. The minimum absolute atomic E-state index is 0.172. The highest BCUT2D eigenvalue weighted by molar-refractivity contribution is 5.77. The number of aromatic nitrogens is 1. The molecule has 0 spiro atoms. The zero-order chi connectivity index (χ0) is 20.9. The predicted octanol–water partition coefficient (Wildman–Crippen LogP) is 5.50. The maximum absolute atomic E-state index is 11.8. The van der Waals surface area contributed by atoms with Crippen molar-refractivity contribution in [3.05, 3.63) is 72.4 Å². The average molecular weight is 401 g/mol. The van der Waals surface area contributed by atoms with Gasteiger partial charge in [0.15, 0.2) is 0 Å². The summed E-state index contributed by atoms with van der Waals surface area (Å²) >= 11 is 0. The van der Waals surface area contributed by atoms with E-state index in [1.165, 1.54) is 16.7 Å². The SMILES string of the molecule is CCC(=O)N1CCC(Oc2ccc(-c3cccc(-c4ccccn4)c3C)cc2)CC1. The molecule has 1 saturated heterocycles. The Bertz CT molecular complexity index is 991. The number of ether oxygens (including phenoxy) is 1. The van der Waals surface area contributed by atoms with Gasteiger partial charge in [-0.2, -0.15) is 0 Å². The lowest BCUT2D eigenvalue weighted by atomic mass is 9.95. The van der Waals surface area contributed by atoms with Crippen molar-refractivity contribution in [3.63, 3.8) is 0 Å². The normalized spacial score (nSPS) is 14.5. The number of carbonyl (C=O) groups is 1. The Morgan fingerprint density at radius 2 is 1.73 bits per heavy atom. The van der Waals surface area contributed by atoms with Gasteiger partial charge >= 0.3 is 0 Å². The summed E-state index contributed by atoms with van der Waals surface area (Å²) < 4.78 is 6.18. The van der Waals surface area contributed by atoms with Gasteiger partial charge in [-0.3, -0.25) is 9.78 Å². The minimum atomic E-state index is 0.172. The van der Waals surface area contributed by atoms with Gasteiger partial charge in [0, 0.05) is 44.1 Å². The molecule has 4 heteroatoms. The lowest BCUT2D eigenvalue weighted by Crippen LogP contribution is -2.41. The van der Waals surface area contributed by atoms with Crippen LogP contribution in [0, 0.1) is 6.92 Å². The molecule has 154 valence electrons. The highest BCUT2D eigenvalue weighted by Crippen LogP contribution is 2.32. The molecule has 1 amide bonds. The second-order valence-corrected chi connectivity index (χ2v) is 7.77. The molecule has 30 heavy (non-hydrogen) atoms. The zero-order valence-corrected chi connectivity index (χ0v) is 17.7. The van der Waals surface area contributed by atoms with E-state index in [2.05, 4.69) is 42.2 Å². The molecular weight excluding hydrogens is 372 g/mol. The number of pyridine rings is 1. The van der Waals surface area contributed by atoms with Gasteiger partial charge in [0.1, 0.15) is 11.9 Å². The van der Waals surface area contributed by atoms with Crippen molar-refractivity contribution in [3.8, 4) is 28.1 Å². The number of nitrogens with zero attached hydrogens (tertiary/aromatic N) is 2. The average Bonchev–Trinajstić information content (AvgIpc) is 2.80. The van der Waals surface area contributed by atoms with Crippen LogP contribution >= 0.6 is 0 Å². The van der Waals surface area contributed by atoms with E-state index in [0.717, 1.165) is 42.9 Å². The Morgan fingerprint density at radius 1 is 1.00 bits per heavy atom. The molecule has 0 atom stereocenters. The Balaban J connectivity index is 1.45. The number of likely N-dealkylation sites (tertiary alicyclic amines) is 1. The molecule has 0 bridgehead atoms. The summed E-state index contributed by atoms with van der Waals surface area (Å²) in [6.45, 7) is 5.64. The van der Waals surface area contributed by atoms with E-state index in [1.54, 1.807) is 0 Å². The summed E-state index contributed by atoms with van der Waals surface area (Å²) in [7, 11) is 0. The van der Waals surface area contributed by atoms with E-state index in [4.69, 9.17) is 4.74 Å². The van der Waals surface area contributed by atoms with Gasteiger partial charge in [0.25, 0.3) is 0 Å². The zero-order valence-electron chi connectivity index (χ0n) is 17.7. The Hall–Kier alpha value is -3.14. The van der Waals surface area contributed by atoms with Crippen molar-refractivity contribution in [2.24, 2.45) is 0 Å². The molecule has 4 nitrogen and oxygen atoms in total. The smallest absolute Gasteiger partial charge is 0.222 e. The van der Waals surface area contributed by atoms with Gasteiger partial charge in [-0.1, -0.05) is 43.3 Å². The summed E-state index contributed by atoms with van der Waals surface area (Å²) in [5, 5.41) is 0. The maximum atomic E-state index is 11.8. The fraction of sp³-hybridized carbons (Fsp3) is 0.308. The van der Waals surface area contributed by atoms with E-state index in [-0.39, 0.29) is 12.0 Å². The molecule has 1 aliphatic heterocycles. The topological polar surface area (TPSA) is 42.4 Å². The Kier molecular flexibility index (Phi) is 6.12. The molecule has 2 aromatic carbocycles. The second kappa shape index (κ2) is 9.12. The van der Waals surface area contributed by atoms with Crippen molar-refractivity contribution in [1.29, 1.82) is 0 Å². The lowest BCUT2D eigenvalue weighted by molar-refractivity contribution is -0.132. The third-order valence-corrected chi connectivity index (χ3v) is 5.84. The molecule has 0 saturated carbocycles. The molecular formula is C26H28N2O2. The van der Waals surface area contributed by atoms with Gasteiger partial charge in [-0.05, 0) is 47.9 Å². The molecule has 1 aromatic heterocycles. The minimum Gasteiger partial charge on any atom is -0.490 e. The van der Waals surface area contributed by atoms with Gasteiger partial charge in [0.2, 0.25) is 5.91 Å². The number of hydrogen-bond donors (Lipinski definition) is 0. The number of hydrogen-bond acceptors (Lipinski definition) is 3. The van der Waals surface area contributed by atoms with Crippen molar-refractivity contribution in [2.75, 3.05) is 13.1 Å². The van der Waals surface area contributed by atoms with E-state index in [9.17, 15) is 4.79 Å². The molecule has 0 radical (unpaired) electrons. The predicted molar refractivity (Wildman–Crippen MR) is 120 cm³/mol. The van der Waals surface area contributed by atoms with E-state index < -0.39 is 0 Å². The van der Waals surface area contributed by atoms with E-state index in [1.807, 2.05) is 48.4 Å². The monoisotopic (exact) mass is 400 g/mol. The lowest BCUT2D eigenvalue weighted by Gasteiger charge is -2.32. The van der Waals surface area contributed by atoms with Crippen LogP contribution < -0.4 is 4.74 Å². The number of piperidine rings is 1. The Morgan fingerprint density at radius 3 is 2.40 bits per heavy atom. The first-order valence-corrected chi connectivity index (χ1v) is 10.7. The van der Waals surface area contributed by atoms with Crippen LogP contribution in [0.1, 0.15) is 31.7 Å². The van der Waals surface area contributed by atoms with Crippen molar-refractivity contribution < 1.29 is 9.53 Å². The van der Waals surface area contributed by atoms with Crippen LogP contribution in [-0.4, -0.2) is 35.0 Å². The van der Waals surface area contributed by atoms with E-state index >= 15 is 0 Å². The quantitative estimate of drug-likeness (QED) is 0.568. The summed E-state index contributed by atoms with van der Waals surface area (Å²) in [5.41, 5.74) is 5.74. The molecule has 4 rings (SSSR count). The van der Waals surface area contributed by atoms with Crippen LogP contribution in [0.3, 0.4) is 0 Å². The summed E-state index contributed by atoms with van der Waals surface area (Å²) in [5.74, 6) is 1.12. The van der Waals surface area contributed by atoms with Crippen LogP contribution in [0.5, 0.6) is 5.75 Å². The van der Waals surface area contributed by atoms with E-state index in [0.29, 0.717) is 6.42 Å². The third kappa shape index (κ3) is 4.38. The van der Waals surface area contributed by atoms with Gasteiger partial charge in [0.05, 0.1) is 5.69 Å². The van der Waals surface area contributed by atoms with Crippen molar-refractivity contribution in [2.45, 2.75) is 39.2 Å². The second-order valence-electron chi connectivity index (χ2n) is 7.77. The molecule has 2 heterocycles. The molecule has 1 aliphatic rings. The highest BCUT2D eigenvalue weighted by Gasteiger charge is 2.23. The number of benzene rings is 2. The van der Waals surface area contributed by atoms with Crippen LogP contribution in [-0.2, 0) is 4.79 Å². The summed E-state index contributed by atoms with van der Waals surface area (Å²) in [6, 6.07) is 20.7. The van der Waals surface area contributed by atoms with Crippen LogP contribution in [0.25, 0.3) is 22.4 Å². The standard InChI is InChI=1S/C26H28N2O2/c1-3-26(29)28-17-14-22(15-18-28)30-21-12-10-20(11-13-21)23-7-6-8-24(19(23)2)25-9-4-5-16-27-25/h4-13,16,22H,3,14-15,17-18H2,1-2H3. The summed E-state index contributed by atoms with van der Waals surface area (Å²) in [6.07, 6.45) is 4.35. The first-order chi connectivity index (χ1) is 14.7. The van der Waals surface area contributed by atoms with Gasteiger partial charge < -0.3 is 9.64 Å². The highest BCUT2D eigenvalue weighted by atomic mass is 16.5. The number of amides is 1. The molecule has 3 aromatic rings. The first kappa shape index (κ1) is 20.1. The number of carbonyl (C=O) groups excluding carboxylic acids is 1. The Labute approximate surface area is 178 Å². The van der Waals surface area contributed by atoms with Crippen molar-refractivity contribution >= 4 is 5.91 Å². The fourth-order valence-corrected chi connectivity index (χ4v) is 4.10.